The van der Waals surface area contributed by atoms with Gasteiger partial charge in [0.1, 0.15) is 0 Å². The van der Waals surface area contributed by atoms with Crippen molar-refractivity contribution in [3.8, 4) is 0 Å². The molecule has 1 unspecified atom stereocenters. The van der Waals surface area contributed by atoms with Crippen molar-refractivity contribution in [2.75, 3.05) is 0 Å². The third-order valence-corrected chi connectivity index (χ3v) is 7.96. The Hall–Kier alpha value is -1.93. The van der Waals surface area contributed by atoms with Crippen molar-refractivity contribution in [2.24, 2.45) is 4.99 Å². The molecule has 1 heterocycles. The van der Waals surface area contributed by atoms with Crippen molar-refractivity contribution in [3.63, 3.8) is 0 Å². The van der Waals surface area contributed by atoms with Crippen LogP contribution in [0.1, 0.15) is 80.9 Å². The van der Waals surface area contributed by atoms with Crippen LogP contribution in [-0.4, -0.2) is 28.7 Å². The van der Waals surface area contributed by atoms with Gasteiger partial charge in [-0.15, -0.1) is 0 Å². The predicted octanol–water partition coefficient (Wildman–Crippen LogP) is 6.08. The van der Waals surface area contributed by atoms with Gasteiger partial charge >= 0.3 is 0 Å². The second-order valence-electron chi connectivity index (χ2n) is 9.59. The van der Waals surface area contributed by atoms with Crippen LogP contribution in [0.5, 0.6) is 0 Å². The number of hydrogen-bond acceptors (Lipinski definition) is 2. The van der Waals surface area contributed by atoms with Gasteiger partial charge in [0.05, 0.1) is 23.3 Å². The number of nitrogens with zero attached hydrogens (tertiary/aromatic N) is 2. The van der Waals surface area contributed by atoms with Gasteiger partial charge in [0.2, 0.25) is 0 Å². The molecule has 2 nitrogen and oxygen atoms in total. The van der Waals surface area contributed by atoms with E-state index < -0.39 is 0 Å². The van der Waals surface area contributed by atoms with Crippen molar-refractivity contribution in [1.82, 2.24) is 4.90 Å². The second kappa shape index (κ2) is 7.09. The van der Waals surface area contributed by atoms with Gasteiger partial charge in [-0.3, -0.25) is 9.89 Å². The van der Waals surface area contributed by atoms with Gasteiger partial charge in [-0.2, -0.15) is 0 Å². The van der Waals surface area contributed by atoms with Crippen LogP contribution in [0.3, 0.4) is 0 Å². The van der Waals surface area contributed by atoms with E-state index in [4.69, 9.17) is 4.99 Å². The summed E-state index contributed by atoms with van der Waals surface area (Å²) in [5, 5.41) is 0. The quantitative estimate of drug-likeness (QED) is 0.585. The minimum atomic E-state index is 0.0351. The van der Waals surface area contributed by atoms with Gasteiger partial charge < -0.3 is 0 Å². The van der Waals surface area contributed by atoms with E-state index in [9.17, 15) is 0 Å². The van der Waals surface area contributed by atoms with E-state index in [0.717, 1.165) is 0 Å². The number of hydrogen-bond donors (Lipinski definition) is 0. The van der Waals surface area contributed by atoms with Crippen LogP contribution in [0.2, 0.25) is 0 Å². The number of rotatable bonds is 3. The summed E-state index contributed by atoms with van der Waals surface area (Å²) in [4.78, 5) is 8.36. The van der Waals surface area contributed by atoms with Gasteiger partial charge in [0.15, 0.2) is 0 Å². The van der Waals surface area contributed by atoms with Crippen LogP contribution in [0.15, 0.2) is 59.6 Å². The lowest BCUT2D eigenvalue weighted by Gasteiger charge is -2.30. The van der Waals surface area contributed by atoms with Crippen LogP contribution in [-0.2, 0) is 5.54 Å². The van der Waals surface area contributed by atoms with Crippen molar-refractivity contribution >= 4 is 5.71 Å². The molecule has 0 radical (unpaired) electrons. The molecule has 29 heavy (non-hydrogen) atoms. The van der Waals surface area contributed by atoms with Crippen molar-refractivity contribution < 1.29 is 0 Å². The molecule has 0 N–H and O–H groups in total. The first-order valence-electron chi connectivity index (χ1n) is 11.9. The highest BCUT2D eigenvalue weighted by Crippen LogP contribution is 2.63. The largest absolute Gasteiger partial charge is 0.284 e. The smallest absolute Gasteiger partial charge is 0.0946 e. The van der Waals surface area contributed by atoms with Crippen LogP contribution >= 0.6 is 0 Å². The first-order chi connectivity index (χ1) is 14.4. The summed E-state index contributed by atoms with van der Waals surface area (Å²) in [6.45, 7) is 0. The SMILES string of the molecule is c1ccc([C@]23c4ccccc4C(=NC4CCCCC4)[C@@H]2N3C2CCCCC2)cc1. The Balaban J connectivity index is 1.49. The Morgan fingerprint density at radius 2 is 1.38 bits per heavy atom. The molecule has 2 saturated carbocycles. The highest BCUT2D eigenvalue weighted by Gasteiger charge is 2.72. The van der Waals surface area contributed by atoms with Crippen LogP contribution in [0, 0.1) is 0 Å². The van der Waals surface area contributed by atoms with E-state index in [0.29, 0.717) is 18.1 Å². The van der Waals surface area contributed by atoms with Crippen molar-refractivity contribution in [2.45, 2.75) is 87.9 Å². The molecule has 0 aromatic heterocycles. The summed E-state index contributed by atoms with van der Waals surface area (Å²) < 4.78 is 0. The summed E-state index contributed by atoms with van der Waals surface area (Å²) >= 11 is 0. The number of aliphatic imine (C=N–C) groups is 1. The number of fused-ring (bicyclic) bond motifs is 3. The molecular weight excluding hydrogens is 352 g/mol. The summed E-state index contributed by atoms with van der Waals surface area (Å²) in [5.41, 5.74) is 5.85. The normalized spacial score (nSPS) is 33.4. The lowest BCUT2D eigenvalue weighted by atomic mass is 9.89. The third kappa shape index (κ3) is 2.68. The Bertz CT molecular complexity index is 905. The molecule has 6 rings (SSSR count). The van der Waals surface area contributed by atoms with E-state index in [1.165, 1.54) is 86.6 Å². The first kappa shape index (κ1) is 17.9. The molecule has 0 bridgehead atoms. The molecule has 3 atom stereocenters. The summed E-state index contributed by atoms with van der Waals surface area (Å²) in [7, 11) is 0. The van der Waals surface area contributed by atoms with Crippen LogP contribution in [0.25, 0.3) is 0 Å². The third-order valence-electron chi connectivity index (χ3n) is 7.96. The van der Waals surface area contributed by atoms with Crippen molar-refractivity contribution in [1.29, 1.82) is 0 Å². The first-order valence-corrected chi connectivity index (χ1v) is 11.9. The van der Waals surface area contributed by atoms with Crippen LogP contribution in [0.4, 0.5) is 0 Å². The number of benzene rings is 2. The Morgan fingerprint density at radius 3 is 2.14 bits per heavy atom. The maximum Gasteiger partial charge on any atom is 0.0946 e. The van der Waals surface area contributed by atoms with Gasteiger partial charge in [-0.05, 0) is 36.8 Å². The predicted molar refractivity (Wildman–Crippen MR) is 120 cm³/mol. The molecule has 1 aliphatic heterocycles. The summed E-state index contributed by atoms with van der Waals surface area (Å²) in [6.07, 6.45) is 13.5. The average molecular weight is 385 g/mol. The van der Waals surface area contributed by atoms with Gasteiger partial charge in [-0.1, -0.05) is 93.1 Å². The molecule has 0 spiro atoms. The molecule has 2 aromatic rings. The van der Waals surface area contributed by atoms with Gasteiger partial charge in [0, 0.05) is 11.6 Å². The van der Waals surface area contributed by atoms with E-state index >= 15 is 0 Å². The standard InChI is InChI=1S/C27H32N2/c1-4-12-20(13-5-1)27-24-19-11-10-18-23(24)25(28-21-14-6-2-7-15-21)26(27)29(27)22-16-8-3-9-17-22/h1,4-5,10-13,18-19,21-22,26H,2-3,6-9,14-17H2/t26-,27-,29?/m0/s1. The lowest BCUT2D eigenvalue weighted by molar-refractivity contribution is 0.256. The molecule has 3 fully saturated rings. The summed E-state index contributed by atoms with van der Waals surface area (Å²) in [5.74, 6) is 0. The van der Waals surface area contributed by atoms with E-state index in [2.05, 4.69) is 59.5 Å². The minimum absolute atomic E-state index is 0.0351. The molecule has 2 aromatic carbocycles. The van der Waals surface area contributed by atoms with Crippen LogP contribution < -0.4 is 0 Å². The molecule has 150 valence electrons. The molecule has 4 aliphatic rings. The van der Waals surface area contributed by atoms with E-state index in [1.807, 2.05) is 0 Å². The molecular formula is C27H32N2. The Morgan fingerprint density at radius 1 is 0.724 bits per heavy atom. The van der Waals surface area contributed by atoms with E-state index in [1.54, 1.807) is 0 Å². The molecule has 2 heteroatoms. The molecule has 0 amide bonds. The Labute approximate surface area is 175 Å². The topological polar surface area (TPSA) is 15.4 Å². The summed E-state index contributed by atoms with van der Waals surface area (Å²) in [6, 6.07) is 22.2. The second-order valence-corrected chi connectivity index (χ2v) is 9.59. The maximum atomic E-state index is 5.49. The lowest BCUT2D eigenvalue weighted by Crippen LogP contribution is -2.31. The zero-order chi connectivity index (χ0) is 19.3. The average Bonchev–Trinajstić information content (AvgIpc) is 3.42. The zero-order valence-corrected chi connectivity index (χ0v) is 17.4. The zero-order valence-electron chi connectivity index (χ0n) is 17.4. The van der Waals surface area contributed by atoms with E-state index in [-0.39, 0.29) is 5.54 Å². The Kier molecular flexibility index (Phi) is 4.37. The molecule has 3 aliphatic carbocycles. The van der Waals surface area contributed by atoms with Crippen molar-refractivity contribution in [3.05, 3.63) is 71.3 Å². The fraction of sp³-hybridized carbons (Fsp3) is 0.519. The fourth-order valence-electron chi connectivity index (χ4n) is 6.67. The van der Waals surface area contributed by atoms with Gasteiger partial charge in [0.25, 0.3) is 0 Å². The fourth-order valence-corrected chi connectivity index (χ4v) is 6.67. The highest BCUT2D eigenvalue weighted by atomic mass is 15.4. The molecule has 1 saturated heterocycles. The van der Waals surface area contributed by atoms with Gasteiger partial charge in [-0.25, -0.2) is 0 Å². The highest BCUT2D eigenvalue weighted by molar-refractivity contribution is 6.14. The monoisotopic (exact) mass is 384 g/mol. The minimum Gasteiger partial charge on any atom is -0.284 e. The maximum absolute atomic E-state index is 5.49.